The number of nitrogens with zero attached hydrogens (tertiary/aromatic N) is 3. The van der Waals surface area contributed by atoms with Gasteiger partial charge in [-0.15, -0.1) is 0 Å². The van der Waals surface area contributed by atoms with Crippen molar-refractivity contribution in [3.63, 3.8) is 0 Å². The molecule has 0 N–H and O–H groups in total. The van der Waals surface area contributed by atoms with Gasteiger partial charge in [-0.05, 0) is 26.0 Å². The van der Waals surface area contributed by atoms with Crippen molar-refractivity contribution in [1.29, 1.82) is 0 Å². The van der Waals surface area contributed by atoms with Crippen LogP contribution in [0.15, 0.2) is 30.6 Å². The van der Waals surface area contributed by atoms with Crippen molar-refractivity contribution in [1.82, 2.24) is 9.38 Å². The summed E-state index contributed by atoms with van der Waals surface area (Å²) in [6, 6.07) is 6.03. The summed E-state index contributed by atoms with van der Waals surface area (Å²) in [6.45, 7) is 4.31. The molecule has 96 valence electrons. The fraction of sp³-hybridized carbons (Fsp3) is 0.385. The molecule has 0 atom stereocenters. The van der Waals surface area contributed by atoms with Crippen molar-refractivity contribution in [2.45, 2.75) is 19.9 Å². The van der Waals surface area contributed by atoms with E-state index >= 15 is 0 Å². The number of carbonyl (C=O) groups is 1. The first-order valence-electron chi connectivity index (χ1n) is 5.89. The third-order valence-electron chi connectivity index (χ3n) is 2.85. The lowest BCUT2D eigenvalue weighted by Gasteiger charge is -2.28. The minimum absolute atomic E-state index is 0.192. The van der Waals surface area contributed by atoms with Crippen LogP contribution in [0.25, 0.3) is 5.65 Å². The minimum atomic E-state index is -0.249. The number of pyridine rings is 1. The number of hydrogen-bond acceptors (Lipinski definition) is 4. The maximum Gasteiger partial charge on any atom is 0.325 e. The normalized spacial score (nSPS) is 10.9. The zero-order valence-electron chi connectivity index (χ0n) is 10.8. The zero-order valence-corrected chi connectivity index (χ0v) is 10.8. The van der Waals surface area contributed by atoms with Crippen LogP contribution in [-0.2, 0) is 9.53 Å². The Morgan fingerprint density at radius 1 is 1.50 bits per heavy atom. The molecule has 0 unspecified atom stereocenters. The quantitative estimate of drug-likeness (QED) is 0.772. The number of rotatable bonds is 4. The molecule has 0 saturated heterocycles. The summed E-state index contributed by atoms with van der Waals surface area (Å²) in [5.41, 5.74) is 0.864. The van der Waals surface area contributed by atoms with E-state index in [1.165, 1.54) is 7.11 Å². The average Bonchev–Trinajstić information content (AvgIpc) is 2.83. The maximum absolute atomic E-state index is 11.5. The van der Waals surface area contributed by atoms with Crippen molar-refractivity contribution in [2.24, 2.45) is 0 Å². The molecule has 2 aromatic heterocycles. The fourth-order valence-corrected chi connectivity index (χ4v) is 1.90. The molecule has 0 amide bonds. The number of imidazole rings is 1. The summed E-state index contributed by atoms with van der Waals surface area (Å²) in [6.07, 6.45) is 3.63. The first-order valence-corrected chi connectivity index (χ1v) is 5.89. The monoisotopic (exact) mass is 247 g/mol. The molecule has 0 radical (unpaired) electrons. The first kappa shape index (κ1) is 12.4. The van der Waals surface area contributed by atoms with Gasteiger partial charge in [0.1, 0.15) is 18.0 Å². The zero-order chi connectivity index (χ0) is 13.1. The molecule has 2 rings (SSSR count). The molecule has 2 aromatic rings. The van der Waals surface area contributed by atoms with E-state index in [9.17, 15) is 4.79 Å². The predicted octanol–water partition coefficient (Wildman–Crippen LogP) is 1.72. The lowest BCUT2D eigenvalue weighted by atomic mass is 10.3. The Labute approximate surface area is 106 Å². The van der Waals surface area contributed by atoms with Crippen LogP contribution in [0.5, 0.6) is 0 Å². The molecular weight excluding hydrogens is 230 g/mol. The van der Waals surface area contributed by atoms with Gasteiger partial charge in [-0.1, -0.05) is 6.07 Å². The second-order valence-electron chi connectivity index (χ2n) is 4.34. The standard InChI is InChI=1S/C13H17N3O2/c1-10(2)16(9-13(17)18-3)12-6-4-5-11-14-7-8-15(11)12/h4-8,10H,9H2,1-3H3. The van der Waals surface area contributed by atoms with Crippen molar-refractivity contribution in [3.8, 4) is 0 Å². The lowest BCUT2D eigenvalue weighted by Crippen LogP contribution is -2.37. The minimum Gasteiger partial charge on any atom is -0.468 e. The highest BCUT2D eigenvalue weighted by atomic mass is 16.5. The van der Waals surface area contributed by atoms with Crippen LogP contribution < -0.4 is 4.90 Å². The summed E-state index contributed by atoms with van der Waals surface area (Å²) in [4.78, 5) is 17.7. The number of esters is 1. The van der Waals surface area contributed by atoms with Crippen LogP contribution in [-0.4, -0.2) is 35.1 Å². The van der Waals surface area contributed by atoms with Crippen LogP contribution in [0.2, 0.25) is 0 Å². The number of carbonyl (C=O) groups excluding carboxylic acids is 1. The number of methoxy groups -OCH3 is 1. The molecular formula is C13H17N3O2. The smallest absolute Gasteiger partial charge is 0.325 e. The van der Waals surface area contributed by atoms with E-state index in [0.717, 1.165) is 11.5 Å². The van der Waals surface area contributed by atoms with E-state index in [-0.39, 0.29) is 18.6 Å². The highest BCUT2D eigenvalue weighted by Crippen LogP contribution is 2.18. The van der Waals surface area contributed by atoms with Crippen LogP contribution in [0, 0.1) is 0 Å². The summed E-state index contributed by atoms with van der Waals surface area (Å²) in [5.74, 6) is 0.686. The Kier molecular flexibility index (Phi) is 3.50. The Balaban J connectivity index is 2.41. The summed E-state index contributed by atoms with van der Waals surface area (Å²) >= 11 is 0. The SMILES string of the molecule is COC(=O)CN(c1cccc2nccn12)C(C)C. The van der Waals surface area contributed by atoms with E-state index in [1.54, 1.807) is 6.20 Å². The summed E-state index contributed by atoms with van der Waals surface area (Å²) in [5, 5.41) is 0. The van der Waals surface area contributed by atoms with Gasteiger partial charge >= 0.3 is 5.97 Å². The average molecular weight is 247 g/mol. The Hall–Kier alpha value is -2.04. The fourth-order valence-electron chi connectivity index (χ4n) is 1.90. The molecule has 5 nitrogen and oxygen atoms in total. The van der Waals surface area contributed by atoms with E-state index in [4.69, 9.17) is 4.74 Å². The van der Waals surface area contributed by atoms with Gasteiger partial charge in [0, 0.05) is 18.4 Å². The molecule has 0 spiro atoms. The van der Waals surface area contributed by atoms with Gasteiger partial charge < -0.3 is 9.64 Å². The number of ether oxygens (including phenoxy) is 1. The maximum atomic E-state index is 11.5. The second kappa shape index (κ2) is 5.08. The Bertz CT molecular complexity index is 548. The van der Waals surface area contributed by atoms with Gasteiger partial charge in [0.25, 0.3) is 0 Å². The van der Waals surface area contributed by atoms with Crippen LogP contribution in [0.1, 0.15) is 13.8 Å². The van der Waals surface area contributed by atoms with Crippen molar-refractivity contribution in [3.05, 3.63) is 30.6 Å². The summed E-state index contributed by atoms with van der Waals surface area (Å²) in [7, 11) is 1.40. The highest BCUT2D eigenvalue weighted by Gasteiger charge is 2.17. The number of aromatic nitrogens is 2. The molecule has 0 aromatic carbocycles. The Morgan fingerprint density at radius 3 is 2.94 bits per heavy atom. The van der Waals surface area contributed by atoms with Crippen molar-refractivity contribution in [2.75, 3.05) is 18.6 Å². The first-order chi connectivity index (χ1) is 8.63. The van der Waals surface area contributed by atoms with Gasteiger partial charge in [0.2, 0.25) is 0 Å². The molecule has 0 aliphatic carbocycles. The number of anilines is 1. The van der Waals surface area contributed by atoms with Gasteiger partial charge in [-0.2, -0.15) is 0 Å². The molecule has 0 aliphatic rings. The second-order valence-corrected chi connectivity index (χ2v) is 4.34. The van der Waals surface area contributed by atoms with Crippen LogP contribution in [0.3, 0.4) is 0 Å². The van der Waals surface area contributed by atoms with E-state index < -0.39 is 0 Å². The molecule has 5 heteroatoms. The van der Waals surface area contributed by atoms with Crippen molar-refractivity contribution >= 4 is 17.4 Å². The van der Waals surface area contributed by atoms with Gasteiger partial charge in [0.05, 0.1) is 7.11 Å². The predicted molar refractivity (Wildman–Crippen MR) is 69.7 cm³/mol. The molecule has 2 heterocycles. The van der Waals surface area contributed by atoms with E-state index in [1.807, 2.05) is 47.5 Å². The largest absolute Gasteiger partial charge is 0.468 e. The van der Waals surface area contributed by atoms with Crippen molar-refractivity contribution < 1.29 is 9.53 Å². The molecule has 0 aliphatic heterocycles. The number of fused-ring (bicyclic) bond motifs is 1. The molecule has 0 fully saturated rings. The third kappa shape index (κ3) is 2.30. The lowest BCUT2D eigenvalue weighted by molar-refractivity contribution is -0.139. The third-order valence-corrected chi connectivity index (χ3v) is 2.85. The topological polar surface area (TPSA) is 46.8 Å². The summed E-state index contributed by atoms with van der Waals surface area (Å²) < 4.78 is 6.70. The van der Waals surface area contributed by atoms with E-state index in [0.29, 0.717) is 0 Å². The molecule has 18 heavy (non-hydrogen) atoms. The molecule has 0 bridgehead atoms. The Morgan fingerprint density at radius 2 is 2.28 bits per heavy atom. The van der Waals surface area contributed by atoms with Crippen LogP contribution in [0.4, 0.5) is 5.82 Å². The van der Waals surface area contributed by atoms with Gasteiger partial charge in [-0.3, -0.25) is 9.20 Å². The molecule has 0 saturated carbocycles. The van der Waals surface area contributed by atoms with Gasteiger partial charge in [0.15, 0.2) is 0 Å². The number of hydrogen-bond donors (Lipinski definition) is 0. The van der Waals surface area contributed by atoms with Crippen LogP contribution >= 0.6 is 0 Å². The highest BCUT2D eigenvalue weighted by molar-refractivity contribution is 5.75. The van der Waals surface area contributed by atoms with E-state index in [2.05, 4.69) is 4.98 Å². The van der Waals surface area contributed by atoms with Gasteiger partial charge in [-0.25, -0.2) is 4.98 Å².